The zero-order chi connectivity index (χ0) is 8.27. The molecule has 1 aromatic rings. The second kappa shape index (κ2) is 5.96. The molecule has 0 saturated carbocycles. The van der Waals surface area contributed by atoms with Crippen LogP contribution in [0.25, 0.3) is 0 Å². The Balaban J connectivity index is 0.00000121. The summed E-state index contributed by atoms with van der Waals surface area (Å²) in [5.74, 6) is -1.23. The van der Waals surface area contributed by atoms with E-state index in [0.717, 1.165) is 0 Å². The zero-order valence-electron chi connectivity index (χ0n) is 6.61. The van der Waals surface area contributed by atoms with E-state index in [9.17, 15) is 14.7 Å². The molecule has 0 amide bonds. The van der Waals surface area contributed by atoms with Gasteiger partial charge >= 0.3 is 68.9 Å². The summed E-state index contributed by atoms with van der Waals surface area (Å²) in [5, 5.41) is 10.2. The summed E-state index contributed by atoms with van der Waals surface area (Å²) < 4.78 is 0. The van der Waals surface area contributed by atoms with Crippen molar-refractivity contribution in [2.75, 3.05) is 0 Å². The number of carbonyl (C=O) groups is 2. The fraction of sp³-hybridized carbons (Fsp3) is 0. The van der Waals surface area contributed by atoms with E-state index in [1.54, 1.807) is 0 Å². The Labute approximate surface area is 129 Å². The van der Waals surface area contributed by atoms with Gasteiger partial charge in [0.2, 0.25) is 0 Å². The number of carboxylic acid groups (broad SMARTS) is 1. The minimum atomic E-state index is -1.23. The predicted octanol–water partition coefficient (Wildman–Crippen LogP) is -3.13. The Morgan fingerprint density at radius 2 is 1.75 bits per heavy atom. The molecule has 0 N–H and O–H groups in total. The van der Waals surface area contributed by atoms with Gasteiger partial charge in [0.15, 0.2) is 0 Å². The van der Waals surface area contributed by atoms with Gasteiger partial charge in [-0.1, -0.05) is 24.3 Å². The molecule has 0 heterocycles. The van der Waals surface area contributed by atoms with Crippen molar-refractivity contribution in [3.05, 3.63) is 35.4 Å². The largest absolute Gasteiger partial charge is 1.00 e. The first-order valence-electron chi connectivity index (χ1n) is 3.00. The summed E-state index contributed by atoms with van der Waals surface area (Å²) in [7, 11) is 0. The van der Waals surface area contributed by atoms with Gasteiger partial charge in [-0.2, -0.15) is 0 Å². The van der Waals surface area contributed by atoms with Gasteiger partial charge in [-0.3, -0.25) is 4.79 Å². The maximum absolute atomic E-state index is 10.2. The maximum Gasteiger partial charge on any atom is 1.00 e. The van der Waals surface area contributed by atoms with Gasteiger partial charge in [0, 0.05) is 5.56 Å². The van der Waals surface area contributed by atoms with Gasteiger partial charge in [0.25, 0.3) is 0 Å². The first-order valence-corrected chi connectivity index (χ1v) is 3.00. The Bertz CT molecular complexity index is 279. The van der Waals surface area contributed by atoms with E-state index in [-0.39, 0.29) is 74.5 Å². The van der Waals surface area contributed by atoms with Crippen molar-refractivity contribution >= 4 is 12.3 Å². The van der Waals surface area contributed by atoms with Crippen LogP contribution in [0.4, 0.5) is 0 Å². The number of carboxylic acids is 1. The summed E-state index contributed by atoms with van der Waals surface area (Å²) in [6.45, 7) is 0. The van der Waals surface area contributed by atoms with Gasteiger partial charge in [-0.05, 0) is 5.56 Å². The summed E-state index contributed by atoms with van der Waals surface area (Å²) in [4.78, 5) is 20.3. The second-order valence-corrected chi connectivity index (χ2v) is 2.03. The van der Waals surface area contributed by atoms with E-state index >= 15 is 0 Å². The van der Waals surface area contributed by atoms with Gasteiger partial charge in [-0.25, -0.2) is 0 Å². The van der Waals surface area contributed by atoms with E-state index in [2.05, 4.69) is 0 Å². The van der Waals surface area contributed by atoms with Crippen LogP contribution < -0.4 is 74.0 Å². The first-order chi connectivity index (χ1) is 5.24. The van der Waals surface area contributed by atoms with E-state index < -0.39 is 5.97 Å². The van der Waals surface area contributed by atoms with Crippen molar-refractivity contribution in [2.24, 2.45) is 0 Å². The monoisotopic (exact) mass is 282 g/mol. The molecule has 0 bridgehead atoms. The molecule has 0 fully saturated rings. The SMILES string of the molecule is O=Cc1ccc(C(=O)[O-])cc1.[Cs+]. The molecular formula is C8H5CsO3. The second-order valence-electron chi connectivity index (χ2n) is 2.03. The van der Waals surface area contributed by atoms with Crippen LogP contribution in [0, 0.1) is 0 Å². The molecule has 0 spiro atoms. The third-order valence-corrected chi connectivity index (χ3v) is 1.28. The zero-order valence-corrected chi connectivity index (χ0v) is 12.9. The van der Waals surface area contributed by atoms with E-state index in [0.29, 0.717) is 11.8 Å². The third kappa shape index (κ3) is 3.42. The van der Waals surface area contributed by atoms with Crippen molar-refractivity contribution in [1.82, 2.24) is 0 Å². The molecule has 0 radical (unpaired) electrons. The maximum atomic E-state index is 10.2. The normalized spacial score (nSPS) is 8.33. The summed E-state index contributed by atoms with van der Waals surface area (Å²) in [6, 6.07) is 5.52. The molecule has 1 aromatic carbocycles. The van der Waals surface area contributed by atoms with Crippen molar-refractivity contribution in [3.8, 4) is 0 Å². The van der Waals surface area contributed by atoms with E-state index in [1.165, 1.54) is 24.3 Å². The topological polar surface area (TPSA) is 57.2 Å². The number of rotatable bonds is 2. The number of aromatic carboxylic acids is 1. The molecule has 0 aliphatic heterocycles. The molecule has 3 nitrogen and oxygen atoms in total. The Morgan fingerprint density at radius 3 is 2.08 bits per heavy atom. The third-order valence-electron chi connectivity index (χ3n) is 1.28. The summed E-state index contributed by atoms with van der Waals surface area (Å²) in [5.41, 5.74) is 0.533. The molecule has 4 heteroatoms. The molecule has 1 rings (SSSR count). The van der Waals surface area contributed by atoms with Crippen LogP contribution in [0.2, 0.25) is 0 Å². The molecule has 0 aromatic heterocycles. The molecule has 0 unspecified atom stereocenters. The van der Waals surface area contributed by atoms with Crippen molar-refractivity contribution in [2.45, 2.75) is 0 Å². The van der Waals surface area contributed by atoms with Crippen LogP contribution in [0.5, 0.6) is 0 Å². The molecular weight excluding hydrogens is 277 g/mol. The average molecular weight is 282 g/mol. The standard InChI is InChI=1S/C8H6O3.Cs/c9-5-6-1-3-7(4-2-6)8(10)11;/h1-5H,(H,10,11);/q;+1/p-1. The average Bonchev–Trinajstić information content (AvgIpc) is 2.05. The molecule has 56 valence electrons. The van der Waals surface area contributed by atoms with Crippen LogP contribution in [0.3, 0.4) is 0 Å². The fourth-order valence-electron chi connectivity index (χ4n) is 0.698. The van der Waals surface area contributed by atoms with Crippen LogP contribution in [0.15, 0.2) is 24.3 Å². The first kappa shape index (κ1) is 12.4. The quantitative estimate of drug-likeness (QED) is 0.539. The van der Waals surface area contributed by atoms with Crippen LogP contribution in [-0.2, 0) is 0 Å². The van der Waals surface area contributed by atoms with E-state index in [4.69, 9.17) is 0 Å². The van der Waals surface area contributed by atoms with Crippen molar-refractivity contribution in [3.63, 3.8) is 0 Å². The Kier molecular flexibility index (Phi) is 6.16. The molecule has 12 heavy (non-hydrogen) atoms. The number of benzene rings is 1. The summed E-state index contributed by atoms with van der Waals surface area (Å²) >= 11 is 0. The van der Waals surface area contributed by atoms with E-state index in [1.807, 2.05) is 0 Å². The smallest absolute Gasteiger partial charge is 0.545 e. The van der Waals surface area contributed by atoms with Crippen LogP contribution in [-0.4, -0.2) is 12.3 Å². The van der Waals surface area contributed by atoms with Crippen LogP contribution >= 0.6 is 0 Å². The summed E-state index contributed by atoms with van der Waals surface area (Å²) in [6.07, 6.45) is 0.652. The molecule has 0 aliphatic rings. The van der Waals surface area contributed by atoms with Crippen LogP contribution in [0.1, 0.15) is 20.7 Å². The number of aldehydes is 1. The minimum Gasteiger partial charge on any atom is -0.545 e. The van der Waals surface area contributed by atoms with Crippen molar-refractivity contribution < 1.29 is 83.6 Å². The molecule has 0 atom stereocenters. The molecule has 0 saturated heterocycles. The van der Waals surface area contributed by atoms with Crippen molar-refractivity contribution in [1.29, 1.82) is 0 Å². The minimum absolute atomic E-state index is 0. The molecule has 0 aliphatic carbocycles. The van der Waals surface area contributed by atoms with Gasteiger partial charge in [0.05, 0.1) is 5.97 Å². The Morgan fingerprint density at radius 1 is 1.25 bits per heavy atom. The Hall–Kier alpha value is 0.412. The fourth-order valence-corrected chi connectivity index (χ4v) is 0.698. The van der Waals surface area contributed by atoms with Gasteiger partial charge in [0.1, 0.15) is 6.29 Å². The van der Waals surface area contributed by atoms with Gasteiger partial charge < -0.3 is 9.90 Å². The number of hydrogen-bond donors (Lipinski definition) is 0. The number of hydrogen-bond acceptors (Lipinski definition) is 3. The number of carbonyl (C=O) groups excluding carboxylic acids is 2. The predicted molar refractivity (Wildman–Crippen MR) is 36.2 cm³/mol. The van der Waals surface area contributed by atoms with Gasteiger partial charge in [-0.15, -0.1) is 0 Å².